The van der Waals surface area contributed by atoms with E-state index in [1.807, 2.05) is 0 Å². The Morgan fingerprint density at radius 1 is 1.44 bits per heavy atom. The van der Waals surface area contributed by atoms with Crippen LogP contribution in [0.2, 0.25) is 0 Å². The Kier molecular flexibility index (Phi) is 4.00. The maximum atomic E-state index is 12.7. The van der Waals surface area contributed by atoms with Gasteiger partial charge in [0.25, 0.3) is 0 Å². The Morgan fingerprint density at radius 2 is 2.22 bits per heavy atom. The first-order chi connectivity index (χ1) is 8.52. The van der Waals surface area contributed by atoms with Crippen LogP contribution in [0.5, 0.6) is 0 Å². The molecule has 0 aliphatic carbocycles. The van der Waals surface area contributed by atoms with Gasteiger partial charge in [-0.25, -0.2) is 4.98 Å². The average Bonchev–Trinajstić information content (AvgIpc) is 2.38. The predicted molar refractivity (Wildman–Crippen MR) is 64.8 cm³/mol. The normalized spacial score (nSPS) is 21.1. The number of nitrogens with zero attached hydrogens (tertiary/aromatic N) is 2. The minimum absolute atomic E-state index is 0.0234. The molecular formula is C12H14ClF3N2. The van der Waals surface area contributed by atoms with E-state index in [0.29, 0.717) is 18.8 Å². The summed E-state index contributed by atoms with van der Waals surface area (Å²) >= 11 is 5.79. The van der Waals surface area contributed by atoms with Crippen molar-refractivity contribution < 1.29 is 13.2 Å². The molecule has 1 aromatic heterocycles. The van der Waals surface area contributed by atoms with Crippen LogP contribution in [0.15, 0.2) is 18.3 Å². The second kappa shape index (κ2) is 5.34. The first-order valence-corrected chi connectivity index (χ1v) is 6.37. The Labute approximate surface area is 109 Å². The standard InChI is InChI=1S/C12H14ClF3N2/c13-7-9-3-1-5-17-11(9)18-6-2-4-10(8-18)12(14,15)16/h1,3,5,10H,2,4,6-8H2. The quantitative estimate of drug-likeness (QED) is 0.769. The Hall–Kier alpha value is -0.970. The molecule has 2 nitrogen and oxygen atoms in total. The molecule has 2 rings (SSSR count). The van der Waals surface area contributed by atoms with Gasteiger partial charge >= 0.3 is 6.18 Å². The monoisotopic (exact) mass is 278 g/mol. The lowest BCUT2D eigenvalue weighted by Gasteiger charge is -2.35. The molecule has 0 bridgehead atoms. The van der Waals surface area contributed by atoms with Gasteiger partial charge in [-0.3, -0.25) is 0 Å². The fourth-order valence-electron chi connectivity index (χ4n) is 2.26. The largest absolute Gasteiger partial charge is 0.393 e. The number of anilines is 1. The highest BCUT2D eigenvalue weighted by Gasteiger charge is 2.42. The van der Waals surface area contributed by atoms with Crippen molar-refractivity contribution in [2.75, 3.05) is 18.0 Å². The van der Waals surface area contributed by atoms with Gasteiger partial charge in [-0.15, -0.1) is 11.6 Å². The highest BCUT2D eigenvalue weighted by Crippen LogP contribution is 2.35. The lowest BCUT2D eigenvalue weighted by atomic mass is 9.97. The fraction of sp³-hybridized carbons (Fsp3) is 0.583. The van der Waals surface area contributed by atoms with Crippen LogP contribution in [0.4, 0.5) is 19.0 Å². The van der Waals surface area contributed by atoms with E-state index in [-0.39, 0.29) is 18.8 Å². The predicted octanol–water partition coefficient (Wildman–Crippen LogP) is 3.60. The summed E-state index contributed by atoms with van der Waals surface area (Å²) in [5.41, 5.74) is 0.780. The van der Waals surface area contributed by atoms with Crippen molar-refractivity contribution in [3.63, 3.8) is 0 Å². The van der Waals surface area contributed by atoms with Crippen molar-refractivity contribution in [1.82, 2.24) is 4.98 Å². The zero-order valence-electron chi connectivity index (χ0n) is 9.75. The molecule has 0 saturated carbocycles. The number of alkyl halides is 4. The molecular weight excluding hydrogens is 265 g/mol. The summed E-state index contributed by atoms with van der Waals surface area (Å²) in [7, 11) is 0. The third-order valence-electron chi connectivity index (χ3n) is 3.20. The van der Waals surface area contributed by atoms with Gasteiger partial charge in [0.2, 0.25) is 0 Å². The summed E-state index contributed by atoms with van der Waals surface area (Å²) in [5.74, 6) is -0.422. The van der Waals surface area contributed by atoms with E-state index >= 15 is 0 Å². The Morgan fingerprint density at radius 3 is 2.89 bits per heavy atom. The van der Waals surface area contributed by atoms with Crippen LogP contribution in [0.3, 0.4) is 0 Å². The number of rotatable bonds is 2. The van der Waals surface area contributed by atoms with Crippen LogP contribution in [-0.4, -0.2) is 24.2 Å². The molecule has 2 heterocycles. The molecule has 18 heavy (non-hydrogen) atoms. The number of halogens is 4. The average molecular weight is 279 g/mol. The maximum absolute atomic E-state index is 12.7. The number of aromatic nitrogens is 1. The van der Waals surface area contributed by atoms with Crippen LogP contribution < -0.4 is 4.90 Å². The van der Waals surface area contributed by atoms with Crippen molar-refractivity contribution in [1.29, 1.82) is 0 Å². The topological polar surface area (TPSA) is 16.1 Å². The van der Waals surface area contributed by atoms with Crippen LogP contribution in [0.25, 0.3) is 0 Å². The van der Waals surface area contributed by atoms with Gasteiger partial charge in [-0.1, -0.05) is 6.07 Å². The van der Waals surface area contributed by atoms with Crippen LogP contribution >= 0.6 is 11.6 Å². The van der Waals surface area contributed by atoms with E-state index in [0.717, 1.165) is 5.56 Å². The molecule has 1 aliphatic heterocycles. The summed E-state index contributed by atoms with van der Waals surface area (Å²) in [6, 6.07) is 3.54. The smallest absolute Gasteiger partial charge is 0.356 e. The second-order valence-electron chi connectivity index (χ2n) is 4.45. The third-order valence-corrected chi connectivity index (χ3v) is 3.48. The van der Waals surface area contributed by atoms with Crippen molar-refractivity contribution in [2.24, 2.45) is 5.92 Å². The van der Waals surface area contributed by atoms with E-state index < -0.39 is 12.1 Å². The molecule has 1 saturated heterocycles. The molecule has 0 radical (unpaired) electrons. The summed E-state index contributed by atoms with van der Waals surface area (Å²) in [6.07, 6.45) is -1.82. The van der Waals surface area contributed by atoms with Crippen molar-refractivity contribution in [2.45, 2.75) is 24.9 Å². The number of hydrogen-bond acceptors (Lipinski definition) is 2. The Bertz CT molecular complexity index is 409. The molecule has 1 atom stereocenters. The minimum atomic E-state index is -4.13. The number of hydrogen-bond donors (Lipinski definition) is 0. The van der Waals surface area contributed by atoms with Crippen molar-refractivity contribution in [3.05, 3.63) is 23.9 Å². The maximum Gasteiger partial charge on any atom is 0.393 e. The highest BCUT2D eigenvalue weighted by molar-refractivity contribution is 6.17. The molecule has 6 heteroatoms. The first-order valence-electron chi connectivity index (χ1n) is 5.84. The molecule has 0 aromatic carbocycles. The van der Waals surface area contributed by atoms with E-state index in [1.165, 1.54) is 0 Å². The van der Waals surface area contributed by atoms with E-state index in [4.69, 9.17) is 11.6 Å². The first kappa shape index (κ1) is 13.5. The molecule has 1 fully saturated rings. The van der Waals surface area contributed by atoms with Crippen LogP contribution in [-0.2, 0) is 5.88 Å². The number of piperidine rings is 1. The molecule has 1 unspecified atom stereocenters. The molecule has 100 valence electrons. The molecule has 0 amide bonds. The zero-order chi connectivity index (χ0) is 13.2. The van der Waals surface area contributed by atoms with Gasteiger partial charge in [0, 0.05) is 24.8 Å². The van der Waals surface area contributed by atoms with Crippen molar-refractivity contribution in [3.8, 4) is 0 Å². The Balaban J connectivity index is 2.18. The molecule has 1 aromatic rings. The zero-order valence-corrected chi connectivity index (χ0v) is 10.5. The molecule has 0 N–H and O–H groups in total. The van der Waals surface area contributed by atoms with E-state index in [2.05, 4.69) is 4.98 Å². The molecule has 0 spiro atoms. The SMILES string of the molecule is FC(F)(F)C1CCCN(c2ncccc2CCl)C1. The van der Waals surface area contributed by atoms with Gasteiger partial charge in [0.1, 0.15) is 5.82 Å². The lowest BCUT2D eigenvalue weighted by molar-refractivity contribution is -0.176. The van der Waals surface area contributed by atoms with Gasteiger partial charge in [-0.05, 0) is 18.9 Å². The number of pyridine rings is 1. The summed E-state index contributed by atoms with van der Waals surface area (Å²) in [5, 5.41) is 0. The van der Waals surface area contributed by atoms with Crippen LogP contribution in [0, 0.1) is 5.92 Å². The summed E-state index contributed by atoms with van der Waals surface area (Å²) in [6.45, 7) is 0.581. The highest BCUT2D eigenvalue weighted by atomic mass is 35.5. The minimum Gasteiger partial charge on any atom is -0.356 e. The van der Waals surface area contributed by atoms with Gasteiger partial charge in [0.05, 0.1) is 11.8 Å². The third kappa shape index (κ3) is 2.88. The van der Waals surface area contributed by atoms with Crippen LogP contribution in [0.1, 0.15) is 18.4 Å². The summed E-state index contributed by atoms with van der Waals surface area (Å²) in [4.78, 5) is 5.86. The lowest BCUT2D eigenvalue weighted by Crippen LogP contribution is -2.42. The second-order valence-corrected chi connectivity index (χ2v) is 4.71. The van der Waals surface area contributed by atoms with E-state index in [1.54, 1.807) is 23.2 Å². The molecule has 1 aliphatic rings. The van der Waals surface area contributed by atoms with Gasteiger partial charge in [-0.2, -0.15) is 13.2 Å². The van der Waals surface area contributed by atoms with E-state index in [9.17, 15) is 13.2 Å². The summed E-state index contributed by atoms with van der Waals surface area (Å²) < 4.78 is 38.2. The fourth-order valence-corrected chi connectivity index (χ4v) is 2.46. The van der Waals surface area contributed by atoms with Crippen molar-refractivity contribution >= 4 is 17.4 Å². The van der Waals surface area contributed by atoms with Gasteiger partial charge < -0.3 is 4.90 Å². The van der Waals surface area contributed by atoms with Gasteiger partial charge in [0.15, 0.2) is 0 Å².